The summed E-state index contributed by atoms with van der Waals surface area (Å²) in [6, 6.07) is 4.15. The van der Waals surface area contributed by atoms with E-state index in [4.69, 9.17) is 16.3 Å². The number of nitro benzene ring substituents is 1. The van der Waals surface area contributed by atoms with Crippen LogP contribution in [0, 0.1) is 10.1 Å². The van der Waals surface area contributed by atoms with Crippen LogP contribution in [0.25, 0.3) is 0 Å². The minimum atomic E-state index is -0.498. The molecular weight excluding hydrogens is 248 g/mol. The lowest BCUT2D eigenvalue weighted by Gasteiger charge is -2.13. The summed E-state index contributed by atoms with van der Waals surface area (Å²) >= 11 is 5.93. The zero-order valence-electron chi connectivity index (χ0n) is 8.76. The second-order valence-electron chi connectivity index (χ2n) is 3.57. The fourth-order valence-electron chi connectivity index (χ4n) is 1.57. The van der Waals surface area contributed by atoms with Gasteiger partial charge >= 0.3 is 6.09 Å². The van der Waals surface area contributed by atoms with Gasteiger partial charge in [0.1, 0.15) is 6.61 Å². The van der Waals surface area contributed by atoms with Crippen LogP contribution in [0.4, 0.5) is 10.5 Å². The third-order valence-electron chi connectivity index (χ3n) is 2.45. The van der Waals surface area contributed by atoms with Gasteiger partial charge in [-0.15, -0.1) is 0 Å². The van der Waals surface area contributed by atoms with Crippen molar-refractivity contribution in [2.45, 2.75) is 6.54 Å². The SMILES string of the molecule is O=C1OCCN1Cc1cc([N+](=O)[O-])ccc1Cl. The predicted molar refractivity (Wildman–Crippen MR) is 59.9 cm³/mol. The van der Waals surface area contributed by atoms with Gasteiger partial charge < -0.3 is 9.64 Å². The van der Waals surface area contributed by atoms with Gasteiger partial charge in [0.2, 0.25) is 0 Å². The number of amides is 1. The van der Waals surface area contributed by atoms with Gasteiger partial charge in [-0.2, -0.15) is 0 Å². The molecule has 0 atom stereocenters. The summed E-state index contributed by atoms with van der Waals surface area (Å²) in [5.74, 6) is 0. The molecule has 1 aliphatic rings. The first kappa shape index (κ1) is 11.7. The fourth-order valence-corrected chi connectivity index (χ4v) is 1.75. The van der Waals surface area contributed by atoms with Crippen LogP contribution in [0.2, 0.25) is 5.02 Å². The second-order valence-corrected chi connectivity index (χ2v) is 3.98. The Balaban J connectivity index is 2.22. The van der Waals surface area contributed by atoms with Gasteiger partial charge in [0.25, 0.3) is 5.69 Å². The topological polar surface area (TPSA) is 72.7 Å². The first-order valence-electron chi connectivity index (χ1n) is 4.92. The Morgan fingerprint density at radius 2 is 2.29 bits per heavy atom. The van der Waals surface area contributed by atoms with Crippen molar-refractivity contribution in [3.8, 4) is 0 Å². The average Bonchev–Trinajstić information content (AvgIpc) is 2.67. The molecule has 1 aromatic rings. The van der Waals surface area contributed by atoms with Crippen molar-refractivity contribution in [2.75, 3.05) is 13.2 Å². The predicted octanol–water partition coefficient (Wildman–Crippen LogP) is 2.20. The van der Waals surface area contributed by atoms with E-state index in [0.29, 0.717) is 23.7 Å². The largest absolute Gasteiger partial charge is 0.448 e. The number of rotatable bonds is 3. The molecule has 0 unspecified atom stereocenters. The Hall–Kier alpha value is -1.82. The zero-order valence-corrected chi connectivity index (χ0v) is 9.51. The van der Waals surface area contributed by atoms with Gasteiger partial charge in [-0.1, -0.05) is 11.6 Å². The summed E-state index contributed by atoms with van der Waals surface area (Å²) in [7, 11) is 0. The smallest absolute Gasteiger partial charge is 0.410 e. The number of non-ortho nitro benzene ring substituents is 1. The van der Waals surface area contributed by atoms with Crippen LogP contribution in [0.15, 0.2) is 18.2 Å². The molecule has 0 saturated carbocycles. The maximum absolute atomic E-state index is 11.2. The molecule has 1 aromatic carbocycles. The van der Waals surface area contributed by atoms with Gasteiger partial charge in [-0.3, -0.25) is 10.1 Å². The number of nitrogens with zero attached hydrogens (tertiary/aromatic N) is 2. The molecule has 1 heterocycles. The third kappa shape index (κ3) is 2.47. The minimum absolute atomic E-state index is 0.0445. The van der Waals surface area contributed by atoms with E-state index in [1.807, 2.05) is 0 Å². The van der Waals surface area contributed by atoms with Crippen molar-refractivity contribution < 1.29 is 14.5 Å². The molecule has 7 heteroatoms. The minimum Gasteiger partial charge on any atom is -0.448 e. The third-order valence-corrected chi connectivity index (χ3v) is 2.81. The Morgan fingerprint density at radius 3 is 2.88 bits per heavy atom. The van der Waals surface area contributed by atoms with Crippen molar-refractivity contribution in [2.24, 2.45) is 0 Å². The van der Waals surface area contributed by atoms with Crippen LogP contribution in [0.3, 0.4) is 0 Å². The summed E-state index contributed by atoms with van der Waals surface area (Å²) in [6.45, 7) is 1.03. The summed E-state index contributed by atoms with van der Waals surface area (Å²) in [6.07, 6.45) is -0.424. The van der Waals surface area contributed by atoms with Gasteiger partial charge in [0, 0.05) is 17.2 Å². The molecule has 0 radical (unpaired) electrons. The number of hydrogen-bond donors (Lipinski definition) is 0. The van der Waals surface area contributed by atoms with Crippen LogP contribution < -0.4 is 0 Å². The molecule has 1 fully saturated rings. The number of nitro groups is 1. The van der Waals surface area contributed by atoms with Crippen molar-refractivity contribution in [3.05, 3.63) is 38.9 Å². The molecule has 6 nitrogen and oxygen atoms in total. The van der Waals surface area contributed by atoms with Crippen molar-refractivity contribution in [3.63, 3.8) is 0 Å². The van der Waals surface area contributed by atoms with Crippen molar-refractivity contribution >= 4 is 23.4 Å². The number of halogens is 1. The summed E-state index contributed by atoms with van der Waals surface area (Å²) in [4.78, 5) is 22.8. The van der Waals surface area contributed by atoms with E-state index in [1.165, 1.54) is 23.1 Å². The first-order valence-corrected chi connectivity index (χ1v) is 5.30. The average molecular weight is 257 g/mol. The Labute approximate surface area is 102 Å². The van der Waals surface area contributed by atoms with E-state index >= 15 is 0 Å². The molecule has 1 saturated heterocycles. The van der Waals surface area contributed by atoms with Crippen LogP contribution >= 0.6 is 11.6 Å². The molecule has 2 rings (SSSR count). The highest BCUT2D eigenvalue weighted by molar-refractivity contribution is 6.31. The molecule has 0 spiro atoms. The van der Waals surface area contributed by atoms with E-state index in [0.717, 1.165) is 0 Å². The van der Waals surface area contributed by atoms with Crippen LogP contribution in [-0.4, -0.2) is 29.1 Å². The lowest BCUT2D eigenvalue weighted by molar-refractivity contribution is -0.384. The van der Waals surface area contributed by atoms with Gasteiger partial charge in [0.15, 0.2) is 0 Å². The van der Waals surface area contributed by atoms with Gasteiger partial charge in [-0.05, 0) is 11.6 Å². The highest BCUT2D eigenvalue weighted by Gasteiger charge is 2.23. The Morgan fingerprint density at radius 1 is 1.53 bits per heavy atom. The van der Waals surface area contributed by atoms with E-state index in [1.54, 1.807) is 0 Å². The summed E-state index contributed by atoms with van der Waals surface area (Å²) < 4.78 is 4.77. The summed E-state index contributed by atoms with van der Waals surface area (Å²) in [5, 5.41) is 11.0. The van der Waals surface area contributed by atoms with E-state index < -0.39 is 11.0 Å². The highest BCUT2D eigenvalue weighted by atomic mass is 35.5. The standard InChI is InChI=1S/C10H9ClN2O4/c11-9-2-1-8(13(15)16)5-7(9)6-12-3-4-17-10(12)14/h1-2,5H,3-4,6H2. The normalized spacial score (nSPS) is 14.9. The van der Waals surface area contributed by atoms with E-state index in [-0.39, 0.29) is 12.2 Å². The van der Waals surface area contributed by atoms with Gasteiger partial charge in [-0.25, -0.2) is 4.79 Å². The maximum Gasteiger partial charge on any atom is 0.410 e. The number of benzene rings is 1. The number of carbonyl (C=O) groups excluding carboxylic acids is 1. The first-order chi connectivity index (χ1) is 8.08. The number of cyclic esters (lactones) is 1. The molecule has 0 N–H and O–H groups in total. The Bertz CT molecular complexity index is 477. The van der Waals surface area contributed by atoms with Crippen molar-refractivity contribution in [1.29, 1.82) is 0 Å². The van der Waals surface area contributed by atoms with Crippen LogP contribution in [-0.2, 0) is 11.3 Å². The quantitative estimate of drug-likeness (QED) is 0.614. The maximum atomic E-state index is 11.2. The Kier molecular flexibility index (Phi) is 3.14. The molecule has 0 aliphatic carbocycles. The summed E-state index contributed by atoms with van der Waals surface area (Å²) in [5.41, 5.74) is 0.497. The number of carbonyl (C=O) groups is 1. The highest BCUT2D eigenvalue weighted by Crippen LogP contribution is 2.24. The van der Waals surface area contributed by atoms with Gasteiger partial charge in [0.05, 0.1) is 18.0 Å². The molecule has 0 aromatic heterocycles. The van der Waals surface area contributed by atoms with Crippen molar-refractivity contribution in [1.82, 2.24) is 4.90 Å². The molecule has 1 amide bonds. The second kappa shape index (κ2) is 4.58. The molecule has 17 heavy (non-hydrogen) atoms. The molecule has 1 aliphatic heterocycles. The lowest BCUT2D eigenvalue weighted by atomic mass is 10.2. The zero-order chi connectivity index (χ0) is 12.4. The molecule has 90 valence electrons. The monoisotopic (exact) mass is 256 g/mol. The number of ether oxygens (including phenoxy) is 1. The van der Waals surface area contributed by atoms with Crippen LogP contribution in [0.5, 0.6) is 0 Å². The van der Waals surface area contributed by atoms with Crippen LogP contribution in [0.1, 0.15) is 5.56 Å². The lowest BCUT2D eigenvalue weighted by Crippen LogP contribution is -2.23. The number of hydrogen-bond acceptors (Lipinski definition) is 4. The molecular formula is C10H9ClN2O4. The van der Waals surface area contributed by atoms with E-state index in [9.17, 15) is 14.9 Å². The van der Waals surface area contributed by atoms with E-state index in [2.05, 4.69) is 0 Å². The fraction of sp³-hybridized carbons (Fsp3) is 0.300. The molecule has 0 bridgehead atoms.